The number of rotatable bonds is 2. The summed E-state index contributed by atoms with van der Waals surface area (Å²) in [6.07, 6.45) is 0.233. The molecule has 0 aliphatic heterocycles. The summed E-state index contributed by atoms with van der Waals surface area (Å²) in [6.45, 7) is 1.63. The largest absolute Gasteiger partial charge is 0.264 e. The van der Waals surface area contributed by atoms with Crippen molar-refractivity contribution in [3.05, 3.63) is 40.4 Å². The van der Waals surface area contributed by atoms with Crippen molar-refractivity contribution in [2.24, 2.45) is 0 Å². The molecule has 1 aromatic carbocycles. The molecule has 0 radical (unpaired) electrons. The molecule has 0 saturated heterocycles. The zero-order valence-electron chi connectivity index (χ0n) is 9.02. The molecule has 2 aromatic rings. The zero-order chi connectivity index (χ0) is 13.4. The number of aryl methyl sites for hydroxylation is 1. The summed E-state index contributed by atoms with van der Waals surface area (Å²) < 4.78 is 54.1. The molecule has 0 atom stereocenters. The van der Waals surface area contributed by atoms with Crippen LogP contribution in [0.25, 0.3) is 5.69 Å². The molecule has 0 saturated carbocycles. The maximum absolute atomic E-state index is 13.6. The smallest absolute Gasteiger partial charge is 0.229 e. The highest BCUT2D eigenvalue weighted by molar-refractivity contribution is 6.28. The Labute approximate surface area is 104 Å². The number of nitrogens with zero attached hydrogens (tertiary/aromatic N) is 3. The van der Waals surface area contributed by atoms with Crippen LogP contribution in [0.15, 0.2) is 6.07 Å². The van der Waals surface area contributed by atoms with Crippen LogP contribution in [0.5, 0.6) is 0 Å². The fourth-order valence-corrected chi connectivity index (χ4v) is 1.72. The average molecular weight is 280 g/mol. The van der Waals surface area contributed by atoms with Crippen LogP contribution in [0.4, 0.5) is 17.6 Å². The number of hydrogen-bond donors (Lipinski definition) is 0. The number of halogens is 5. The summed E-state index contributed by atoms with van der Waals surface area (Å²) in [5.74, 6) is -6.05. The van der Waals surface area contributed by atoms with Gasteiger partial charge >= 0.3 is 0 Å². The van der Waals surface area contributed by atoms with Crippen molar-refractivity contribution in [1.82, 2.24) is 14.8 Å². The Hall–Kier alpha value is -1.63. The molecule has 3 nitrogen and oxygen atoms in total. The molecular weight excluding hydrogens is 274 g/mol. The van der Waals surface area contributed by atoms with Crippen LogP contribution in [-0.4, -0.2) is 14.8 Å². The van der Waals surface area contributed by atoms with Crippen molar-refractivity contribution in [3.63, 3.8) is 0 Å². The Morgan fingerprint density at radius 1 is 1.11 bits per heavy atom. The van der Waals surface area contributed by atoms with Gasteiger partial charge in [0.2, 0.25) is 5.28 Å². The Morgan fingerprint density at radius 3 is 2.17 bits per heavy atom. The monoisotopic (exact) mass is 279 g/mol. The van der Waals surface area contributed by atoms with E-state index in [0.717, 1.165) is 4.57 Å². The van der Waals surface area contributed by atoms with E-state index in [1.165, 1.54) is 0 Å². The molecular formula is C10H6ClF4N3. The lowest BCUT2D eigenvalue weighted by Gasteiger charge is -2.10. The minimum atomic E-state index is -1.55. The van der Waals surface area contributed by atoms with E-state index in [-0.39, 0.29) is 23.6 Å². The fraction of sp³-hybridized carbons (Fsp3) is 0.200. The van der Waals surface area contributed by atoms with E-state index in [9.17, 15) is 17.6 Å². The first kappa shape index (κ1) is 12.8. The van der Waals surface area contributed by atoms with Gasteiger partial charge in [-0.15, -0.1) is 10.2 Å². The summed E-state index contributed by atoms with van der Waals surface area (Å²) in [7, 11) is 0. The standard InChI is InChI=1S/C10H6ClF4N3/c1-2-6-16-17-10(11)18(6)9-7(14)4(12)3-5(13)8(9)15/h3H,2H2,1H3. The van der Waals surface area contributed by atoms with Gasteiger partial charge in [0.1, 0.15) is 11.5 Å². The third kappa shape index (κ3) is 1.84. The average Bonchev–Trinajstić information content (AvgIpc) is 2.69. The summed E-state index contributed by atoms with van der Waals surface area (Å²) >= 11 is 5.62. The molecule has 0 unspecified atom stereocenters. The molecule has 1 aromatic heterocycles. The van der Waals surface area contributed by atoms with Gasteiger partial charge in [-0.05, 0) is 11.6 Å². The van der Waals surface area contributed by atoms with E-state index in [2.05, 4.69) is 10.2 Å². The Kier molecular flexibility index (Phi) is 3.25. The lowest BCUT2D eigenvalue weighted by atomic mass is 10.2. The molecule has 0 fully saturated rings. The number of benzene rings is 1. The van der Waals surface area contributed by atoms with Crippen LogP contribution in [0, 0.1) is 23.3 Å². The van der Waals surface area contributed by atoms with Crippen LogP contribution in [0.1, 0.15) is 12.7 Å². The highest BCUT2D eigenvalue weighted by Gasteiger charge is 2.24. The number of aromatic nitrogens is 3. The summed E-state index contributed by atoms with van der Waals surface area (Å²) in [4.78, 5) is 0. The number of hydrogen-bond acceptors (Lipinski definition) is 2. The normalized spacial score (nSPS) is 11.0. The molecule has 1 heterocycles. The van der Waals surface area contributed by atoms with Crippen LogP contribution < -0.4 is 0 Å². The molecule has 18 heavy (non-hydrogen) atoms. The Morgan fingerprint density at radius 2 is 1.67 bits per heavy atom. The highest BCUT2D eigenvalue weighted by Crippen LogP contribution is 2.26. The third-order valence-corrected chi connectivity index (χ3v) is 2.56. The third-order valence-electron chi connectivity index (χ3n) is 2.32. The summed E-state index contributed by atoms with van der Waals surface area (Å²) in [6, 6.07) is 0.123. The van der Waals surface area contributed by atoms with Crippen molar-refractivity contribution in [3.8, 4) is 5.69 Å². The first-order valence-electron chi connectivity index (χ1n) is 4.90. The van der Waals surface area contributed by atoms with Crippen molar-refractivity contribution in [2.45, 2.75) is 13.3 Å². The molecule has 0 aliphatic carbocycles. The minimum absolute atomic E-state index is 0.0859. The summed E-state index contributed by atoms with van der Waals surface area (Å²) in [5, 5.41) is 6.58. The second kappa shape index (κ2) is 4.56. The predicted octanol–water partition coefficient (Wildman–Crippen LogP) is 3.04. The molecule has 0 N–H and O–H groups in total. The van der Waals surface area contributed by atoms with E-state index >= 15 is 0 Å². The van der Waals surface area contributed by atoms with Gasteiger partial charge in [0, 0.05) is 12.5 Å². The van der Waals surface area contributed by atoms with Crippen molar-refractivity contribution in [2.75, 3.05) is 0 Å². The van der Waals surface area contributed by atoms with Crippen LogP contribution in [0.2, 0.25) is 5.28 Å². The van der Waals surface area contributed by atoms with Crippen molar-refractivity contribution < 1.29 is 17.6 Å². The van der Waals surface area contributed by atoms with E-state index < -0.39 is 29.0 Å². The van der Waals surface area contributed by atoms with Crippen LogP contribution >= 0.6 is 11.6 Å². The Balaban J connectivity index is 2.82. The van der Waals surface area contributed by atoms with Gasteiger partial charge in [-0.3, -0.25) is 4.57 Å². The molecule has 0 aliphatic rings. The van der Waals surface area contributed by atoms with Gasteiger partial charge in [-0.25, -0.2) is 17.6 Å². The van der Waals surface area contributed by atoms with E-state index in [4.69, 9.17) is 11.6 Å². The second-order valence-corrected chi connectivity index (χ2v) is 3.73. The summed E-state index contributed by atoms with van der Waals surface area (Å²) in [5.41, 5.74) is -0.959. The minimum Gasteiger partial charge on any atom is -0.264 e. The quantitative estimate of drug-likeness (QED) is 0.625. The molecule has 0 amide bonds. The van der Waals surface area contributed by atoms with E-state index in [1.807, 2.05) is 0 Å². The molecule has 0 bridgehead atoms. The fourth-order valence-electron chi connectivity index (χ4n) is 1.50. The van der Waals surface area contributed by atoms with Gasteiger partial charge in [0.05, 0.1) is 0 Å². The molecule has 96 valence electrons. The van der Waals surface area contributed by atoms with Gasteiger partial charge in [0.15, 0.2) is 23.3 Å². The first-order chi connectivity index (χ1) is 8.47. The van der Waals surface area contributed by atoms with Crippen LogP contribution in [0.3, 0.4) is 0 Å². The Bertz CT molecular complexity index is 585. The first-order valence-corrected chi connectivity index (χ1v) is 5.28. The van der Waals surface area contributed by atoms with Gasteiger partial charge in [0.25, 0.3) is 0 Å². The zero-order valence-corrected chi connectivity index (χ0v) is 9.77. The highest BCUT2D eigenvalue weighted by atomic mass is 35.5. The molecule has 2 rings (SSSR count). The predicted molar refractivity (Wildman–Crippen MR) is 55.6 cm³/mol. The second-order valence-electron chi connectivity index (χ2n) is 3.39. The SMILES string of the molecule is CCc1nnc(Cl)n1-c1c(F)c(F)cc(F)c1F. The van der Waals surface area contributed by atoms with Crippen molar-refractivity contribution in [1.29, 1.82) is 0 Å². The van der Waals surface area contributed by atoms with Crippen molar-refractivity contribution >= 4 is 11.6 Å². The van der Waals surface area contributed by atoms with E-state index in [1.54, 1.807) is 6.92 Å². The molecule has 8 heteroatoms. The molecule has 0 spiro atoms. The maximum Gasteiger partial charge on any atom is 0.229 e. The lowest BCUT2D eigenvalue weighted by molar-refractivity contribution is 0.446. The van der Waals surface area contributed by atoms with Gasteiger partial charge in [-0.2, -0.15) is 0 Å². The van der Waals surface area contributed by atoms with Gasteiger partial charge in [-0.1, -0.05) is 6.92 Å². The van der Waals surface area contributed by atoms with Crippen LogP contribution in [-0.2, 0) is 6.42 Å². The topological polar surface area (TPSA) is 30.7 Å². The van der Waals surface area contributed by atoms with Gasteiger partial charge < -0.3 is 0 Å². The lowest BCUT2D eigenvalue weighted by Crippen LogP contribution is -2.09. The maximum atomic E-state index is 13.6. The van der Waals surface area contributed by atoms with E-state index in [0.29, 0.717) is 0 Å².